The van der Waals surface area contributed by atoms with Crippen molar-refractivity contribution in [3.63, 3.8) is 0 Å². The molecule has 0 aliphatic carbocycles. The second-order valence-corrected chi connectivity index (χ2v) is 5.52. The van der Waals surface area contributed by atoms with E-state index in [2.05, 4.69) is 49.1 Å². The first-order chi connectivity index (χ1) is 10.2. The van der Waals surface area contributed by atoms with Crippen LogP contribution in [0.3, 0.4) is 0 Å². The number of ether oxygens (including phenoxy) is 1. The zero-order valence-electron chi connectivity index (χ0n) is 14.1. The third-order valence-electron chi connectivity index (χ3n) is 3.74. The summed E-state index contributed by atoms with van der Waals surface area (Å²) in [5.74, 6) is 0. The average Bonchev–Trinajstić information content (AvgIpc) is 2.92. The lowest BCUT2D eigenvalue weighted by Gasteiger charge is -2.12. The summed E-state index contributed by atoms with van der Waals surface area (Å²) < 4.78 is 7.12. The molecule has 0 saturated carbocycles. The molecule has 0 bridgehead atoms. The van der Waals surface area contributed by atoms with Gasteiger partial charge in [-0.15, -0.1) is 0 Å². The van der Waals surface area contributed by atoms with Gasteiger partial charge in [-0.2, -0.15) is 5.10 Å². The van der Waals surface area contributed by atoms with Crippen molar-refractivity contribution in [3.8, 4) is 0 Å². The summed E-state index contributed by atoms with van der Waals surface area (Å²) in [4.78, 5) is 0. The molecule has 1 rings (SSSR count). The van der Waals surface area contributed by atoms with Crippen molar-refractivity contribution in [2.24, 2.45) is 0 Å². The molecule has 1 aromatic heterocycles. The highest BCUT2D eigenvalue weighted by Crippen LogP contribution is 2.15. The number of allylic oxidation sites excluding steroid dienone is 1. The van der Waals surface area contributed by atoms with Gasteiger partial charge in [0.15, 0.2) is 0 Å². The molecule has 0 radical (unpaired) electrons. The van der Waals surface area contributed by atoms with Gasteiger partial charge < -0.3 is 10.1 Å². The zero-order chi connectivity index (χ0) is 15.5. The number of aromatic nitrogens is 2. The molecule has 0 spiro atoms. The Morgan fingerprint density at radius 1 is 1.38 bits per heavy atom. The van der Waals surface area contributed by atoms with E-state index in [1.807, 2.05) is 0 Å². The van der Waals surface area contributed by atoms with Crippen LogP contribution in [0.1, 0.15) is 51.8 Å². The Hall–Kier alpha value is -1.13. The second-order valence-electron chi connectivity index (χ2n) is 5.52. The van der Waals surface area contributed by atoms with Gasteiger partial charge in [0.2, 0.25) is 0 Å². The average molecular weight is 293 g/mol. The van der Waals surface area contributed by atoms with Gasteiger partial charge in [0, 0.05) is 26.3 Å². The predicted molar refractivity (Wildman–Crippen MR) is 88.7 cm³/mol. The Morgan fingerprint density at radius 3 is 2.81 bits per heavy atom. The summed E-state index contributed by atoms with van der Waals surface area (Å²) in [6.07, 6.45) is 8.70. The first-order valence-electron chi connectivity index (χ1n) is 8.10. The van der Waals surface area contributed by atoms with Crippen molar-refractivity contribution < 1.29 is 4.74 Å². The summed E-state index contributed by atoms with van der Waals surface area (Å²) >= 11 is 0. The normalized spacial score (nSPS) is 12.3. The minimum absolute atomic E-state index is 0.535. The van der Waals surface area contributed by atoms with Gasteiger partial charge in [-0.05, 0) is 38.8 Å². The van der Waals surface area contributed by atoms with E-state index in [1.54, 1.807) is 7.11 Å². The topological polar surface area (TPSA) is 39.1 Å². The molecule has 0 unspecified atom stereocenters. The van der Waals surface area contributed by atoms with E-state index in [4.69, 9.17) is 9.84 Å². The molecule has 0 atom stereocenters. The highest BCUT2D eigenvalue weighted by atomic mass is 16.5. The van der Waals surface area contributed by atoms with E-state index in [0.29, 0.717) is 6.04 Å². The van der Waals surface area contributed by atoms with Crippen LogP contribution in [0.2, 0.25) is 0 Å². The second kappa shape index (κ2) is 10.6. The van der Waals surface area contributed by atoms with E-state index in [1.165, 1.54) is 11.3 Å². The smallest absolute Gasteiger partial charge is 0.0664 e. The maximum absolute atomic E-state index is 5.00. The highest BCUT2D eigenvalue weighted by Gasteiger charge is 2.07. The number of hydrogen-bond donors (Lipinski definition) is 1. The molecule has 0 aromatic carbocycles. The molecule has 0 amide bonds. The van der Waals surface area contributed by atoms with Crippen molar-refractivity contribution in [3.05, 3.63) is 29.6 Å². The van der Waals surface area contributed by atoms with Crippen molar-refractivity contribution in [2.45, 2.75) is 52.5 Å². The molecular weight excluding hydrogens is 262 g/mol. The Kier molecular flexibility index (Phi) is 9.02. The summed E-state index contributed by atoms with van der Waals surface area (Å²) in [5, 5.41) is 8.06. The Bertz CT molecular complexity index is 408. The van der Waals surface area contributed by atoms with Crippen LogP contribution < -0.4 is 5.32 Å². The Labute approximate surface area is 129 Å². The van der Waals surface area contributed by atoms with Gasteiger partial charge in [-0.3, -0.25) is 4.68 Å². The molecule has 4 nitrogen and oxygen atoms in total. The fourth-order valence-corrected chi connectivity index (χ4v) is 2.42. The molecule has 1 aromatic rings. The quantitative estimate of drug-likeness (QED) is 0.502. The van der Waals surface area contributed by atoms with Crippen LogP contribution in [0.5, 0.6) is 0 Å². The molecule has 1 N–H and O–H groups in total. The lowest BCUT2D eigenvalue weighted by atomic mass is 10.1. The molecular formula is C17H31N3O. The number of rotatable bonds is 11. The van der Waals surface area contributed by atoms with Gasteiger partial charge >= 0.3 is 0 Å². The summed E-state index contributed by atoms with van der Waals surface area (Å²) in [6.45, 7) is 9.32. The van der Waals surface area contributed by atoms with Crippen molar-refractivity contribution >= 4 is 0 Å². The maximum atomic E-state index is 5.00. The SMILES string of the molecule is CCC(CC)n1ccc(CC(C)=CCCNCCOC)n1. The highest BCUT2D eigenvalue weighted by molar-refractivity contribution is 5.12. The molecule has 21 heavy (non-hydrogen) atoms. The van der Waals surface area contributed by atoms with Crippen molar-refractivity contribution in [2.75, 3.05) is 26.8 Å². The van der Waals surface area contributed by atoms with Gasteiger partial charge in [0.05, 0.1) is 18.3 Å². The number of hydrogen-bond acceptors (Lipinski definition) is 3. The van der Waals surface area contributed by atoms with Gasteiger partial charge in [0.25, 0.3) is 0 Å². The van der Waals surface area contributed by atoms with Gasteiger partial charge in [-0.1, -0.05) is 25.5 Å². The minimum atomic E-state index is 0.535. The van der Waals surface area contributed by atoms with Crippen LogP contribution >= 0.6 is 0 Å². The third-order valence-corrected chi connectivity index (χ3v) is 3.74. The standard InChI is InChI=1S/C17H31N3O/c1-5-17(6-2)20-12-9-16(19-20)14-15(3)8-7-10-18-11-13-21-4/h8-9,12,17-18H,5-7,10-11,13-14H2,1-4H3. The van der Waals surface area contributed by atoms with Crippen LogP contribution in [0.4, 0.5) is 0 Å². The molecule has 0 saturated heterocycles. The number of methoxy groups -OCH3 is 1. The molecule has 0 aliphatic rings. The zero-order valence-corrected chi connectivity index (χ0v) is 14.1. The number of nitrogens with one attached hydrogen (secondary N) is 1. The summed E-state index contributed by atoms with van der Waals surface area (Å²) in [6, 6.07) is 2.68. The van der Waals surface area contributed by atoms with E-state index < -0.39 is 0 Å². The van der Waals surface area contributed by atoms with Crippen LogP contribution in [0, 0.1) is 0 Å². The molecule has 0 fully saturated rings. The van der Waals surface area contributed by atoms with E-state index in [9.17, 15) is 0 Å². The fraction of sp³-hybridized carbons (Fsp3) is 0.706. The third kappa shape index (κ3) is 6.91. The summed E-state index contributed by atoms with van der Waals surface area (Å²) in [7, 11) is 1.73. The van der Waals surface area contributed by atoms with E-state index in [-0.39, 0.29) is 0 Å². The van der Waals surface area contributed by atoms with Crippen LogP contribution in [0.15, 0.2) is 23.9 Å². The molecule has 4 heteroatoms. The fourth-order valence-electron chi connectivity index (χ4n) is 2.42. The maximum Gasteiger partial charge on any atom is 0.0664 e. The van der Waals surface area contributed by atoms with Crippen molar-refractivity contribution in [1.29, 1.82) is 0 Å². The predicted octanol–water partition coefficient (Wildman–Crippen LogP) is 3.36. The monoisotopic (exact) mass is 293 g/mol. The molecule has 1 heterocycles. The summed E-state index contributed by atoms with van der Waals surface area (Å²) in [5.41, 5.74) is 2.56. The first-order valence-corrected chi connectivity index (χ1v) is 8.10. The van der Waals surface area contributed by atoms with Crippen LogP contribution in [0.25, 0.3) is 0 Å². The van der Waals surface area contributed by atoms with Gasteiger partial charge in [0.1, 0.15) is 0 Å². The van der Waals surface area contributed by atoms with Crippen LogP contribution in [-0.2, 0) is 11.2 Å². The Balaban J connectivity index is 2.35. The minimum Gasteiger partial charge on any atom is -0.383 e. The molecule has 120 valence electrons. The first kappa shape index (κ1) is 17.9. The Morgan fingerprint density at radius 2 is 2.14 bits per heavy atom. The largest absolute Gasteiger partial charge is 0.383 e. The lowest BCUT2D eigenvalue weighted by molar-refractivity contribution is 0.199. The lowest BCUT2D eigenvalue weighted by Crippen LogP contribution is -2.19. The van der Waals surface area contributed by atoms with Crippen LogP contribution in [-0.4, -0.2) is 36.6 Å². The number of nitrogens with zero attached hydrogens (tertiary/aromatic N) is 2. The molecule has 0 aliphatic heterocycles. The van der Waals surface area contributed by atoms with E-state index >= 15 is 0 Å². The van der Waals surface area contributed by atoms with E-state index in [0.717, 1.165) is 45.4 Å². The van der Waals surface area contributed by atoms with Gasteiger partial charge in [-0.25, -0.2) is 0 Å². The van der Waals surface area contributed by atoms with Crippen molar-refractivity contribution in [1.82, 2.24) is 15.1 Å².